The van der Waals surface area contributed by atoms with E-state index in [1.54, 1.807) is 14.2 Å². The maximum atomic E-state index is 5.26. The molecule has 1 N–H and O–H groups in total. The van der Waals surface area contributed by atoms with Crippen LogP contribution in [0.2, 0.25) is 0 Å². The molecule has 0 bridgehead atoms. The maximum Gasteiger partial charge on any atom is 0.181 e. The van der Waals surface area contributed by atoms with Gasteiger partial charge in [0.25, 0.3) is 0 Å². The Morgan fingerprint density at radius 3 is 2.56 bits per heavy atom. The van der Waals surface area contributed by atoms with E-state index in [2.05, 4.69) is 15.2 Å². The van der Waals surface area contributed by atoms with Crippen LogP contribution in [0.3, 0.4) is 0 Å². The molecule has 1 atom stereocenters. The smallest absolute Gasteiger partial charge is 0.181 e. The molecule has 96 valence electrons. The maximum absolute atomic E-state index is 5.26. The van der Waals surface area contributed by atoms with Crippen LogP contribution in [-0.4, -0.2) is 29.4 Å². The molecule has 0 amide bonds. The van der Waals surface area contributed by atoms with Gasteiger partial charge in [-0.05, 0) is 12.5 Å². The van der Waals surface area contributed by atoms with Crippen molar-refractivity contribution in [2.75, 3.05) is 14.2 Å². The third kappa shape index (κ3) is 2.75. The fourth-order valence-corrected chi connectivity index (χ4v) is 1.66. The van der Waals surface area contributed by atoms with Gasteiger partial charge >= 0.3 is 0 Å². The molecule has 0 saturated heterocycles. The molecule has 2 rings (SSSR count). The van der Waals surface area contributed by atoms with Gasteiger partial charge in [0.05, 0.1) is 6.10 Å². The Labute approximate surface area is 106 Å². The van der Waals surface area contributed by atoms with Gasteiger partial charge in [-0.15, -0.1) is 0 Å². The fourth-order valence-electron chi connectivity index (χ4n) is 1.66. The number of benzene rings is 1. The predicted molar refractivity (Wildman–Crippen MR) is 68.0 cm³/mol. The zero-order chi connectivity index (χ0) is 13.0. The summed E-state index contributed by atoms with van der Waals surface area (Å²) in [6, 6.07) is 8.03. The van der Waals surface area contributed by atoms with Crippen LogP contribution in [-0.2, 0) is 16.1 Å². The van der Waals surface area contributed by atoms with Crippen LogP contribution in [0.4, 0.5) is 0 Å². The summed E-state index contributed by atoms with van der Waals surface area (Å²) in [5, 5.41) is 7.00. The van der Waals surface area contributed by atoms with Crippen LogP contribution in [0.5, 0.6) is 0 Å². The first-order chi connectivity index (χ1) is 8.74. The van der Waals surface area contributed by atoms with Gasteiger partial charge in [-0.3, -0.25) is 5.10 Å². The quantitative estimate of drug-likeness (QED) is 0.880. The average molecular weight is 247 g/mol. The highest BCUT2D eigenvalue weighted by Gasteiger charge is 2.07. The minimum absolute atomic E-state index is 0.0928. The van der Waals surface area contributed by atoms with Gasteiger partial charge in [-0.25, -0.2) is 4.98 Å². The van der Waals surface area contributed by atoms with Crippen molar-refractivity contribution in [2.24, 2.45) is 0 Å². The van der Waals surface area contributed by atoms with E-state index in [1.807, 2.05) is 31.2 Å². The zero-order valence-corrected chi connectivity index (χ0v) is 10.8. The van der Waals surface area contributed by atoms with E-state index in [-0.39, 0.29) is 6.10 Å². The first-order valence-electron chi connectivity index (χ1n) is 5.78. The molecule has 0 saturated carbocycles. The number of methoxy groups -OCH3 is 2. The molecular formula is C13H17N3O2. The van der Waals surface area contributed by atoms with Crippen molar-refractivity contribution in [2.45, 2.75) is 19.6 Å². The zero-order valence-electron chi connectivity index (χ0n) is 10.8. The second-order valence-corrected chi connectivity index (χ2v) is 4.04. The summed E-state index contributed by atoms with van der Waals surface area (Å²) >= 11 is 0. The molecule has 0 radical (unpaired) electrons. The van der Waals surface area contributed by atoms with E-state index in [0.29, 0.717) is 12.4 Å². The number of hydrogen-bond acceptors (Lipinski definition) is 4. The molecule has 5 heteroatoms. The number of aromatic amines is 1. The van der Waals surface area contributed by atoms with Crippen molar-refractivity contribution in [3.05, 3.63) is 35.7 Å². The Kier molecular flexibility index (Phi) is 4.07. The molecule has 0 aliphatic heterocycles. The summed E-state index contributed by atoms with van der Waals surface area (Å²) in [5.41, 5.74) is 2.11. The number of nitrogens with one attached hydrogen (secondary N) is 1. The number of rotatable bonds is 5. The number of nitrogens with zero attached hydrogens (tertiary/aromatic N) is 2. The van der Waals surface area contributed by atoms with Gasteiger partial charge in [-0.1, -0.05) is 24.3 Å². The molecule has 5 nitrogen and oxygen atoms in total. The lowest BCUT2D eigenvalue weighted by atomic mass is 10.1. The minimum Gasteiger partial charge on any atom is -0.377 e. The van der Waals surface area contributed by atoms with Crippen molar-refractivity contribution in [3.8, 4) is 11.4 Å². The molecule has 0 spiro atoms. The summed E-state index contributed by atoms with van der Waals surface area (Å²) < 4.78 is 10.3. The lowest BCUT2D eigenvalue weighted by Gasteiger charge is -2.09. The average Bonchev–Trinajstić information content (AvgIpc) is 2.87. The highest BCUT2D eigenvalue weighted by molar-refractivity contribution is 5.55. The Hall–Kier alpha value is -1.72. The van der Waals surface area contributed by atoms with Gasteiger partial charge in [0.1, 0.15) is 6.61 Å². The van der Waals surface area contributed by atoms with Gasteiger partial charge < -0.3 is 9.47 Å². The SMILES string of the molecule is COCc1nc(-c2ccc([C@H](C)OC)cc2)n[nH]1. The molecular weight excluding hydrogens is 230 g/mol. The third-order valence-corrected chi connectivity index (χ3v) is 2.80. The Morgan fingerprint density at radius 1 is 1.22 bits per heavy atom. The van der Waals surface area contributed by atoms with Crippen molar-refractivity contribution in [1.82, 2.24) is 15.2 Å². The predicted octanol–water partition coefficient (Wildman–Crippen LogP) is 2.33. The Bertz CT molecular complexity index is 493. The van der Waals surface area contributed by atoms with E-state index in [9.17, 15) is 0 Å². The highest BCUT2D eigenvalue weighted by atomic mass is 16.5. The van der Waals surface area contributed by atoms with Gasteiger partial charge in [0.15, 0.2) is 11.6 Å². The molecule has 18 heavy (non-hydrogen) atoms. The van der Waals surface area contributed by atoms with Crippen LogP contribution < -0.4 is 0 Å². The van der Waals surface area contributed by atoms with Gasteiger partial charge in [0.2, 0.25) is 0 Å². The van der Waals surface area contributed by atoms with Crippen molar-refractivity contribution >= 4 is 0 Å². The second-order valence-electron chi connectivity index (χ2n) is 4.04. The largest absolute Gasteiger partial charge is 0.377 e. The highest BCUT2D eigenvalue weighted by Crippen LogP contribution is 2.20. The molecule has 1 heterocycles. The summed E-state index contributed by atoms with van der Waals surface area (Å²) in [6.45, 7) is 2.45. The van der Waals surface area contributed by atoms with Gasteiger partial charge in [0, 0.05) is 19.8 Å². The Morgan fingerprint density at radius 2 is 1.94 bits per heavy atom. The normalized spacial score (nSPS) is 12.6. The molecule has 0 unspecified atom stereocenters. The molecule has 0 fully saturated rings. The number of hydrogen-bond donors (Lipinski definition) is 1. The molecule has 1 aromatic heterocycles. The molecule has 0 aliphatic rings. The first kappa shape index (κ1) is 12.7. The van der Waals surface area contributed by atoms with E-state index < -0.39 is 0 Å². The monoisotopic (exact) mass is 247 g/mol. The van der Waals surface area contributed by atoms with Crippen LogP contribution in [0.1, 0.15) is 24.4 Å². The van der Waals surface area contributed by atoms with Crippen LogP contribution in [0.25, 0.3) is 11.4 Å². The van der Waals surface area contributed by atoms with E-state index in [4.69, 9.17) is 9.47 Å². The summed E-state index contributed by atoms with van der Waals surface area (Å²) in [5.74, 6) is 1.40. The molecule has 2 aromatic rings. The lowest BCUT2D eigenvalue weighted by molar-refractivity contribution is 0.119. The number of aromatic nitrogens is 3. The molecule has 0 aliphatic carbocycles. The summed E-state index contributed by atoms with van der Waals surface area (Å²) in [6.07, 6.45) is 0.0928. The van der Waals surface area contributed by atoms with Crippen molar-refractivity contribution in [1.29, 1.82) is 0 Å². The van der Waals surface area contributed by atoms with Crippen molar-refractivity contribution in [3.63, 3.8) is 0 Å². The van der Waals surface area contributed by atoms with E-state index in [1.165, 1.54) is 0 Å². The second kappa shape index (κ2) is 5.75. The molecule has 1 aromatic carbocycles. The first-order valence-corrected chi connectivity index (χ1v) is 5.78. The third-order valence-electron chi connectivity index (χ3n) is 2.80. The topological polar surface area (TPSA) is 60.0 Å². The van der Waals surface area contributed by atoms with E-state index in [0.717, 1.165) is 17.0 Å². The minimum atomic E-state index is 0.0928. The summed E-state index contributed by atoms with van der Waals surface area (Å²) in [7, 11) is 3.33. The van der Waals surface area contributed by atoms with Crippen LogP contribution in [0.15, 0.2) is 24.3 Å². The fraction of sp³-hybridized carbons (Fsp3) is 0.385. The lowest BCUT2D eigenvalue weighted by Crippen LogP contribution is -1.95. The standard InChI is InChI=1S/C13H17N3O2/c1-9(18-3)10-4-6-11(7-5-10)13-14-12(8-17-2)15-16-13/h4-7,9H,8H2,1-3H3,(H,14,15,16)/t9-/m0/s1. The Balaban J connectivity index is 2.17. The van der Waals surface area contributed by atoms with Crippen molar-refractivity contribution < 1.29 is 9.47 Å². The van der Waals surface area contributed by atoms with Crippen LogP contribution in [0, 0.1) is 0 Å². The number of ether oxygens (including phenoxy) is 2. The van der Waals surface area contributed by atoms with Crippen LogP contribution >= 0.6 is 0 Å². The number of H-pyrrole nitrogens is 1. The van der Waals surface area contributed by atoms with Gasteiger partial charge in [-0.2, -0.15) is 5.10 Å². The van der Waals surface area contributed by atoms with E-state index >= 15 is 0 Å². The summed E-state index contributed by atoms with van der Waals surface area (Å²) in [4.78, 5) is 4.34.